The molecule has 1 fully saturated rings. The number of carbonyl (C=O) groups excluding carboxylic acids is 3. The quantitative estimate of drug-likeness (QED) is 0.297. The van der Waals surface area contributed by atoms with Gasteiger partial charge >= 0.3 is 12.1 Å². The van der Waals surface area contributed by atoms with Crippen LogP contribution in [0.5, 0.6) is 0 Å². The summed E-state index contributed by atoms with van der Waals surface area (Å²) in [5.74, 6) is -2.38. The van der Waals surface area contributed by atoms with Crippen molar-refractivity contribution < 1.29 is 29.0 Å². The van der Waals surface area contributed by atoms with Gasteiger partial charge in [-0.1, -0.05) is 50.0 Å². The number of hydrogen-bond acceptors (Lipinski definition) is 6. The second kappa shape index (κ2) is 13.9. The van der Waals surface area contributed by atoms with E-state index in [0.29, 0.717) is 41.5 Å². The minimum atomic E-state index is -1.30. The molecule has 0 spiro atoms. The van der Waals surface area contributed by atoms with E-state index in [9.17, 15) is 24.3 Å². The minimum Gasteiger partial charge on any atom is -0.480 e. The molecule has 1 atom stereocenters. The van der Waals surface area contributed by atoms with Crippen LogP contribution in [0.25, 0.3) is 6.08 Å². The summed E-state index contributed by atoms with van der Waals surface area (Å²) in [6, 6.07) is 2.33. The van der Waals surface area contributed by atoms with Crippen LogP contribution in [0.1, 0.15) is 39.2 Å². The highest BCUT2D eigenvalue weighted by atomic mass is 35.5. The molecule has 0 unspecified atom stereocenters. The first-order valence-electron chi connectivity index (χ1n) is 11.7. The smallest absolute Gasteiger partial charge is 0.407 e. The van der Waals surface area contributed by atoms with Gasteiger partial charge in [0, 0.05) is 30.0 Å². The van der Waals surface area contributed by atoms with Gasteiger partial charge < -0.3 is 25.4 Å². The molecule has 0 saturated carbocycles. The molecule has 0 aromatic heterocycles. The Morgan fingerprint density at radius 3 is 2.41 bits per heavy atom. The van der Waals surface area contributed by atoms with Crippen LogP contribution in [0.15, 0.2) is 23.1 Å². The maximum atomic E-state index is 12.7. The summed E-state index contributed by atoms with van der Waals surface area (Å²) >= 11 is 14.0. The summed E-state index contributed by atoms with van der Waals surface area (Å²) in [5.41, 5.74) is 0.395. The number of amides is 3. The molecule has 2 rings (SSSR count). The molecule has 12 heteroatoms. The zero-order valence-corrected chi connectivity index (χ0v) is 23.6. The second-order valence-electron chi connectivity index (χ2n) is 9.84. The highest BCUT2D eigenvalue weighted by molar-refractivity contribution is 7.98. The number of alkyl carbamates (subject to hydrolysis) is 1. The Morgan fingerprint density at radius 1 is 1.19 bits per heavy atom. The lowest BCUT2D eigenvalue weighted by Crippen LogP contribution is -2.51. The standard InChI is InChI=1S/C25H33Cl2N3O6S/c1-25(2,3)14-36-24(35)28-13-17(23(33)34)29-22(32)16-9-11-30(12-10-16)19(31)8-6-15-5-7-18(37-4)21(27)20(15)26/h5-8,16-17H,9-14H2,1-4H3,(H,28,35)(H,29,32)(H,33,34)/b8-6+/t17-/m0/s1. The SMILES string of the molecule is CSc1ccc(/C=C/C(=O)N2CCC(C(=O)N[C@@H](CNC(=O)OCC(C)(C)C)C(=O)O)CC2)c(Cl)c1Cl. The zero-order chi connectivity index (χ0) is 27.8. The number of aliphatic carboxylic acids is 1. The van der Waals surface area contributed by atoms with Gasteiger partial charge in [-0.05, 0) is 42.2 Å². The molecule has 1 heterocycles. The average molecular weight is 575 g/mol. The Bertz CT molecular complexity index is 1040. The van der Waals surface area contributed by atoms with Gasteiger partial charge in [0.2, 0.25) is 11.8 Å². The van der Waals surface area contributed by atoms with E-state index in [1.54, 1.807) is 17.0 Å². The number of carboxylic acids is 1. The van der Waals surface area contributed by atoms with Gasteiger partial charge in [0.1, 0.15) is 6.04 Å². The predicted molar refractivity (Wildman–Crippen MR) is 145 cm³/mol. The number of halogens is 2. The first-order chi connectivity index (χ1) is 17.3. The highest BCUT2D eigenvalue weighted by Crippen LogP contribution is 2.35. The Kier molecular flexibility index (Phi) is 11.6. The van der Waals surface area contributed by atoms with Gasteiger partial charge in [0.15, 0.2) is 0 Å². The van der Waals surface area contributed by atoms with E-state index < -0.39 is 29.9 Å². The molecule has 0 bridgehead atoms. The van der Waals surface area contributed by atoms with Crippen LogP contribution >= 0.6 is 35.0 Å². The summed E-state index contributed by atoms with van der Waals surface area (Å²) < 4.78 is 5.05. The van der Waals surface area contributed by atoms with Gasteiger partial charge in [0.05, 0.1) is 23.2 Å². The van der Waals surface area contributed by atoms with Crippen LogP contribution in [-0.4, -0.2) is 72.4 Å². The normalized spacial score (nSPS) is 15.4. The van der Waals surface area contributed by atoms with Crippen molar-refractivity contribution in [1.29, 1.82) is 0 Å². The van der Waals surface area contributed by atoms with Gasteiger partial charge in [-0.2, -0.15) is 0 Å². The summed E-state index contributed by atoms with van der Waals surface area (Å²) in [4.78, 5) is 51.1. The molecule has 1 aliphatic rings. The molecular weight excluding hydrogens is 541 g/mol. The molecule has 1 aliphatic heterocycles. The number of likely N-dealkylation sites (tertiary alicyclic amines) is 1. The first-order valence-corrected chi connectivity index (χ1v) is 13.7. The number of rotatable bonds is 9. The number of nitrogens with one attached hydrogen (secondary N) is 2. The maximum absolute atomic E-state index is 12.7. The lowest BCUT2D eigenvalue weighted by molar-refractivity contribution is -0.142. The molecule has 3 N–H and O–H groups in total. The molecule has 9 nitrogen and oxygen atoms in total. The van der Waals surface area contributed by atoms with Crippen LogP contribution in [0.3, 0.4) is 0 Å². The summed E-state index contributed by atoms with van der Waals surface area (Å²) in [7, 11) is 0. The number of nitrogens with zero attached hydrogens (tertiary/aromatic N) is 1. The Hall–Kier alpha value is -2.43. The molecule has 204 valence electrons. The third kappa shape index (κ3) is 9.75. The number of carbonyl (C=O) groups is 4. The Labute approximate surface area is 231 Å². The molecule has 3 amide bonds. The third-order valence-electron chi connectivity index (χ3n) is 5.58. The number of piperidine rings is 1. The average Bonchev–Trinajstić information content (AvgIpc) is 2.85. The third-order valence-corrected chi connectivity index (χ3v) is 7.37. The summed E-state index contributed by atoms with van der Waals surface area (Å²) in [6.45, 7) is 6.23. The topological polar surface area (TPSA) is 125 Å². The van der Waals surface area contributed by atoms with Crippen molar-refractivity contribution in [3.63, 3.8) is 0 Å². The number of carboxylic acid groups (broad SMARTS) is 1. The zero-order valence-electron chi connectivity index (χ0n) is 21.3. The highest BCUT2D eigenvalue weighted by Gasteiger charge is 2.30. The minimum absolute atomic E-state index is 0.167. The first kappa shape index (κ1) is 30.8. The number of ether oxygens (including phenoxy) is 1. The van der Waals surface area contributed by atoms with Crippen molar-refractivity contribution in [2.24, 2.45) is 11.3 Å². The molecule has 1 aromatic carbocycles. The van der Waals surface area contributed by atoms with Crippen LogP contribution < -0.4 is 10.6 Å². The van der Waals surface area contributed by atoms with Crippen LogP contribution in [-0.2, 0) is 19.1 Å². The maximum Gasteiger partial charge on any atom is 0.407 e. The largest absolute Gasteiger partial charge is 0.480 e. The van der Waals surface area contributed by atoms with Crippen LogP contribution in [0.4, 0.5) is 4.79 Å². The molecular formula is C25H33Cl2N3O6S. The number of hydrogen-bond donors (Lipinski definition) is 3. The summed E-state index contributed by atoms with van der Waals surface area (Å²) in [6.07, 6.45) is 4.93. The van der Waals surface area contributed by atoms with Gasteiger partial charge in [-0.15, -0.1) is 11.8 Å². The fourth-order valence-corrected chi connectivity index (χ4v) is 4.64. The summed E-state index contributed by atoms with van der Waals surface area (Å²) in [5, 5.41) is 15.1. The Balaban J connectivity index is 1.85. The van der Waals surface area contributed by atoms with E-state index in [-0.39, 0.29) is 24.5 Å². The monoisotopic (exact) mass is 573 g/mol. The molecule has 0 radical (unpaired) electrons. The molecule has 1 saturated heterocycles. The fraction of sp³-hybridized carbons (Fsp3) is 0.520. The predicted octanol–water partition coefficient (Wildman–Crippen LogP) is 4.31. The van der Waals surface area contributed by atoms with E-state index in [0.717, 1.165) is 4.90 Å². The van der Waals surface area contributed by atoms with Crippen molar-refractivity contribution in [3.05, 3.63) is 33.8 Å². The van der Waals surface area contributed by atoms with Crippen molar-refractivity contribution in [2.45, 2.75) is 44.6 Å². The van der Waals surface area contributed by atoms with Crippen molar-refractivity contribution in [2.75, 3.05) is 32.5 Å². The van der Waals surface area contributed by atoms with Gasteiger partial charge in [-0.3, -0.25) is 9.59 Å². The molecule has 1 aromatic rings. The van der Waals surface area contributed by atoms with Crippen molar-refractivity contribution in [1.82, 2.24) is 15.5 Å². The second-order valence-corrected chi connectivity index (χ2v) is 11.4. The van der Waals surface area contributed by atoms with E-state index in [1.165, 1.54) is 17.8 Å². The molecule has 37 heavy (non-hydrogen) atoms. The van der Waals surface area contributed by atoms with Crippen LogP contribution in [0.2, 0.25) is 10.0 Å². The van der Waals surface area contributed by atoms with E-state index in [4.69, 9.17) is 27.9 Å². The van der Waals surface area contributed by atoms with Crippen molar-refractivity contribution in [3.8, 4) is 0 Å². The van der Waals surface area contributed by atoms with E-state index >= 15 is 0 Å². The lowest BCUT2D eigenvalue weighted by Gasteiger charge is -2.31. The van der Waals surface area contributed by atoms with Crippen molar-refractivity contribution >= 4 is 64.9 Å². The van der Waals surface area contributed by atoms with E-state index in [1.807, 2.05) is 33.1 Å². The lowest BCUT2D eigenvalue weighted by atomic mass is 9.95. The number of thioether (sulfide) groups is 1. The van der Waals surface area contributed by atoms with Crippen LogP contribution in [0, 0.1) is 11.3 Å². The van der Waals surface area contributed by atoms with Gasteiger partial charge in [-0.25, -0.2) is 9.59 Å². The Morgan fingerprint density at radius 2 is 1.84 bits per heavy atom. The molecule has 0 aliphatic carbocycles. The fourth-order valence-electron chi connectivity index (χ4n) is 3.47. The number of benzene rings is 1. The van der Waals surface area contributed by atoms with E-state index in [2.05, 4.69) is 10.6 Å². The van der Waals surface area contributed by atoms with Gasteiger partial charge in [0.25, 0.3) is 0 Å².